The van der Waals surface area contributed by atoms with Crippen LogP contribution < -0.4 is 10.6 Å². The van der Waals surface area contributed by atoms with Crippen molar-refractivity contribution in [2.24, 2.45) is 5.92 Å². The quantitative estimate of drug-likeness (QED) is 0.616. The lowest BCUT2D eigenvalue weighted by atomic mass is 9.76. The van der Waals surface area contributed by atoms with Gasteiger partial charge in [-0.3, -0.25) is 4.79 Å². The minimum Gasteiger partial charge on any atom is -0.480 e. The number of carbonyl (C=O) groups is 3. The number of rotatable bonds is 6. The second kappa shape index (κ2) is 9.25. The van der Waals surface area contributed by atoms with E-state index in [4.69, 9.17) is 4.74 Å². The zero-order valence-corrected chi connectivity index (χ0v) is 19.0. The van der Waals surface area contributed by atoms with Gasteiger partial charge in [0.25, 0.3) is 0 Å². The number of alkyl carbamates (subject to hydrolysis) is 1. The molecular formula is C26H30N2O5. The summed E-state index contributed by atoms with van der Waals surface area (Å²) in [6.45, 7) is 3.66. The van der Waals surface area contributed by atoms with Crippen LogP contribution in [0.1, 0.15) is 56.6 Å². The predicted molar refractivity (Wildman–Crippen MR) is 124 cm³/mol. The number of benzene rings is 2. The molecule has 3 N–H and O–H groups in total. The minimum absolute atomic E-state index is 0.0775. The summed E-state index contributed by atoms with van der Waals surface area (Å²) in [5, 5.41) is 15.0. The number of carbonyl (C=O) groups excluding carboxylic acids is 2. The van der Waals surface area contributed by atoms with Crippen LogP contribution in [0.2, 0.25) is 0 Å². The summed E-state index contributed by atoms with van der Waals surface area (Å²) < 4.78 is 5.49. The van der Waals surface area contributed by atoms with Crippen LogP contribution in [-0.2, 0) is 14.3 Å². The molecule has 0 aromatic heterocycles. The summed E-state index contributed by atoms with van der Waals surface area (Å²) in [7, 11) is 0. The molecule has 3 atom stereocenters. The Morgan fingerprint density at radius 1 is 1.09 bits per heavy atom. The number of aliphatic carboxylic acids is 1. The summed E-state index contributed by atoms with van der Waals surface area (Å²) in [4.78, 5) is 37.1. The molecule has 2 aromatic rings. The minimum atomic E-state index is -1.29. The monoisotopic (exact) mass is 450 g/mol. The molecule has 0 spiro atoms. The lowest BCUT2D eigenvalue weighted by molar-refractivity contribution is -0.150. The van der Waals surface area contributed by atoms with Crippen LogP contribution in [-0.4, -0.2) is 41.3 Å². The molecule has 4 rings (SSSR count). The highest BCUT2D eigenvalue weighted by atomic mass is 16.5. The Balaban J connectivity index is 1.36. The molecule has 0 radical (unpaired) electrons. The van der Waals surface area contributed by atoms with Gasteiger partial charge in [0.05, 0.1) is 0 Å². The van der Waals surface area contributed by atoms with Gasteiger partial charge in [-0.1, -0.05) is 68.3 Å². The van der Waals surface area contributed by atoms with E-state index >= 15 is 0 Å². The van der Waals surface area contributed by atoms with Gasteiger partial charge in [-0.15, -0.1) is 0 Å². The van der Waals surface area contributed by atoms with Crippen molar-refractivity contribution in [1.29, 1.82) is 0 Å². The second-order valence-corrected chi connectivity index (χ2v) is 9.27. The maximum absolute atomic E-state index is 12.7. The lowest BCUT2D eigenvalue weighted by Gasteiger charge is -2.37. The molecule has 2 aliphatic rings. The van der Waals surface area contributed by atoms with Gasteiger partial charge >= 0.3 is 12.1 Å². The van der Waals surface area contributed by atoms with Crippen molar-refractivity contribution in [3.8, 4) is 11.1 Å². The molecule has 2 aliphatic carbocycles. The molecule has 2 aromatic carbocycles. The van der Waals surface area contributed by atoms with E-state index in [0.717, 1.165) is 35.1 Å². The number of hydrogen-bond acceptors (Lipinski definition) is 4. The van der Waals surface area contributed by atoms with E-state index in [1.54, 1.807) is 0 Å². The fraction of sp³-hybridized carbons (Fsp3) is 0.423. The highest BCUT2D eigenvalue weighted by Crippen LogP contribution is 2.44. The summed E-state index contributed by atoms with van der Waals surface area (Å²) in [5.41, 5.74) is 3.19. The number of amides is 2. The second-order valence-electron chi connectivity index (χ2n) is 9.27. The van der Waals surface area contributed by atoms with Gasteiger partial charge in [0.1, 0.15) is 18.2 Å². The molecule has 1 fully saturated rings. The molecule has 0 bridgehead atoms. The van der Waals surface area contributed by atoms with Crippen LogP contribution in [0.25, 0.3) is 11.1 Å². The van der Waals surface area contributed by atoms with Gasteiger partial charge in [0.15, 0.2) is 0 Å². The highest BCUT2D eigenvalue weighted by molar-refractivity contribution is 5.91. The summed E-state index contributed by atoms with van der Waals surface area (Å²) >= 11 is 0. The Labute approximate surface area is 193 Å². The van der Waals surface area contributed by atoms with Gasteiger partial charge in [0, 0.05) is 5.92 Å². The van der Waals surface area contributed by atoms with E-state index in [1.807, 2.05) is 43.3 Å². The zero-order valence-electron chi connectivity index (χ0n) is 19.0. The molecule has 3 unspecified atom stereocenters. The molecule has 1 saturated carbocycles. The SMILES string of the molecule is CC1CCCC(NC(=O)C(C)NC(=O)OCC2c3ccccc3-c3ccccc32)(C(=O)O)C1. The first kappa shape index (κ1) is 22.8. The van der Waals surface area contributed by atoms with Crippen LogP contribution in [0.15, 0.2) is 48.5 Å². The first-order valence-corrected chi connectivity index (χ1v) is 11.5. The fourth-order valence-corrected chi connectivity index (χ4v) is 5.14. The number of carboxylic acid groups (broad SMARTS) is 1. The van der Waals surface area contributed by atoms with E-state index in [2.05, 4.69) is 22.8 Å². The van der Waals surface area contributed by atoms with Crippen LogP contribution in [0.5, 0.6) is 0 Å². The van der Waals surface area contributed by atoms with E-state index in [9.17, 15) is 19.5 Å². The largest absolute Gasteiger partial charge is 0.480 e. The molecule has 174 valence electrons. The Morgan fingerprint density at radius 3 is 2.27 bits per heavy atom. The number of ether oxygens (including phenoxy) is 1. The predicted octanol–water partition coefficient (Wildman–Crippen LogP) is 4.06. The Bertz CT molecular complexity index is 1020. The van der Waals surface area contributed by atoms with E-state index in [1.165, 1.54) is 6.92 Å². The fourth-order valence-electron chi connectivity index (χ4n) is 5.14. The van der Waals surface area contributed by atoms with Crippen LogP contribution in [0.4, 0.5) is 4.79 Å². The van der Waals surface area contributed by atoms with Crippen molar-refractivity contribution >= 4 is 18.0 Å². The van der Waals surface area contributed by atoms with Gasteiger partial charge in [-0.2, -0.15) is 0 Å². The lowest BCUT2D eigenvalue weighted by Crippen LogP contribution is -2.60. The average molecular weight is 451 g/mol. The van der Waals surface area contributed by atoms with Crippen LogP contribution >= 0.6 is 0 Å². The molecule has 7 nitrogen and oxygen atoms in total. The van der Waals surface area contributed by atoms with Gasteiger partial charge in [0.2, 0.25) is 5.91 Å². The van der Waals surface area contributed by atoms with Crippen molar-refractivity contribution in [2.75, 3.05) is 6.61 Å². The normalized spacial score (nSPS) is 22.5. The number of nitrogens with one attached hydrogen (secondary N) is 2. The van der Waals surface area contributed by atoms with Crippen molar-refractivity contribution in [1.82, 2.24) is 10.6 Å². The van der Waals surface area contributed by atoms with Gasteiger partial charge in [-0.05, 0) is 47.9 Å². The molecule has 0 saturated heterocycles. The van der Waals surface area contributed by atoms with Crippen LogP contribution in [0, 0.1) is 5.92 Å². The Hall–Kier alpha value is -3.35. The van der Waals surface area contributed by atoms with E-state index in [0.29, 0.717) is 12.8 Å². The van der Waals surface area contributed by atoms with Crippen molar-refractivity contribution < 1.29 is 24.2 Å². The van der Waals surface area contributed by atoms with Crippen molar-refractivity contribution in [3.05, 3.63) is 59.7 Å². The smallest absolute Gasteiger partial charge is 0.407 e. The third kappa shape index (κ3) is 4.58. The Kier molecular flexibility index (Phi) is 6.40. The molecule has 33 heavy (non-hydrogen) atoms. The first-order chi connectivity index (χ1) is 15.8. The number of hydrogen-bond donors (Lipinski definition) is 3. The average Bonchev–Trinajstić information content (AvgIpc) is 3.11. The van der Waals surface area contributed by atoms with Gasteiger partial charge in [-0.25, -0.2) is 9.59 Å². The molecule has 2 amide bonds. The van der Waals surface area contributed by atoms with Crippen molar-refractivity contribution in [2.45, 2.75) is 57.0 Å². The van der Waals surface area contributed by atoms with Gasteiger partial charge < -0.3 is 20.5 Å². The maximum atomic E-state index is 12.7. The molecule has 0 aliphatic heterocycles. The maximum Gasteiger partial charge on any atom is 0.407 e. The van der Waals surface area contributed by atoms with Crippen molar-refractivity contribution in [3.63, 3.8) is 0 Å². The molecule has 7 heteroatoms. The van der Waals surface area contributed by atoms with E-state index in [-0.39, 0.29) is 18.4 Å². The topological polar surface area (TPSA) is 105 Å². The number of fused-ring (bicyclic) bond motifs is 3. The summed E-state index contributed by atoms with van der Waals surface area (Å²) in [5.74, 6) is -1.43. The highest BCUT2D eigenvalue weighted by Gasteiger charge is 2.44. The third-order valence-electron chi connectivity index (χ3n) is 6.84. The molecule has 0 heterocycles. The zero-order chi connectivity index (χ0) is 23.6. The third-order valence-corrected chi connectivity index (χ3v) is 6.84. The summed E-state index contributed by atoms with van der Waals surface area (Å²) in [6, 6.07) is 15.2. The first-order valence-electron chi connectivity index (χ1n) is 11.5. The van der Waals surface area contributed by atoms with Crippen LogP contribution in [0.3, 0.4) is 0 Å². The van der Waals surface area contributed by atoms with E-state index < -0.39 is 29.6 Å². The molecular weight excluding hydrogens is 420 g/mol. The summed E-state index contributed by atoms with van der Waals surface area (Å²) in [6.07, 6.45) is 1.74. The number of carboxylic acids is 1. The standard InChI is InChI=1S/C26H30N2O5/c1-16-8-7-13-26(14-16,24(30)31)28-23(29)17(2)27-25(32)33-15-22-20-11-5-3-9-18(20)19-10-4-6-12-21(19)22/h3-6,9-12,16-17,22H,7-8,13-15H2,1-2H3,(H,27,32)(H,28,29)(H,30,31). The Morgan fingerprint density at radius 2 is 1.70 bits per heavy atom.